The number of nitrogens with one attached hydrogen (secondary N) is 1. The highest BCUT2D eigenvalue weighted by Crippen LogP contribution is 2.20. The van der Waals surface area contributed by atoms with Gasteiger partial charge in [0.05, 0.1) is 11.9 Å². The second kappa shape index (κ2) is 5.37. The summed E-state index contributed by atoms with van der Waals surface area (Å²) in [7, 11) is 0. The van der Waals surface area contributed by atoms with E-state index in [1.54, 1.807) is 6.20 Å². The average molecular weight is 252 g/mol. The molecule has 0 bridgehead atoms. The first-order valence-corrected chi connectivity index (χ1v) is 5.50. The van der Waals surface area contributed by atoms with Crippen LogP contribution in [-0.2, 0) is 4.79 Å². The van der Waals surface area contributed by atoms with Gasteiger partial charge in [-0.2, -0.15) is 0 Å². The number of aromatic nitrogens is 4. The summed E-state index contributed by atoms with van der Waals surface area (Å²) in [5, 5.41) is 7.82. The molecule has 0 unspecified atom stereocenters. The number of nitrogens with zero attached hydrogens (tertiary/aromatic N) is 4. The lowest BCUT2D eigenvalue weighted by molar-refractivity contribution is -0.118. The van der Waals surface area contributed by atoms with Crippen molar-refractivity contribution in [3.8, 4) is 11.6 Å². The second-order valence-corrected chi connectivity index (χ2v) is 3.75. The Hall–Kier alpha value is -2.00. The Morgan fingerprint density at radius 1 is 1.47 bits per heavy atom. The molecule has 8 nitrogen and oxygen atoms in total. The lowest BCUT2D eigenvalue weighted by atomic mass is 10.4. The lowest BCUT2D eigenvalue weighted by Gasteiger charge is -1.94. The molecule has 0 saturated heterocycles. The Bertz CT molecular complexity index is 502. The van der Waals surface area contributed by atoms with Crippen molar-refractivity contribution in [2.45, 2.75) is 5.22 Å². The van der Waals surface area contributed by atoms with Crippen LogP contribution in [0.3, 0.4) is 0 Å². The van der Waals surface area contributed by atoms with E-state index in [1.807, 2.05) is 5.43 Å². The van der Waals surface area contributed by atoms with E-state index in [1.165, 1.54) is 12.4 Å². The molecular formula is C8H8N6O2S. The maximum atomic E-state index is 10.9. The Morgan fingerprint density at radius 2 is 2.35 bits per heavy atom. The summed E-state index contributed by atoms with van der Waals surface area (Å²) >= 11 is 1.09. The zero-order valence-corrected chi connectivity index (χ0v) is 9.35. The highest BCUT2D eigenvalue weighted by molar-refractivity contribution is 7.99. The first-order valence-electron chi connectivity index (χ1n) is 4.51. The lowest BCUT2D eigenvalue weighted by Crippen LogP contribution is -2.31. The minimum atomic E-state index is -0.325. The summed E-state index contributed by atoms with van der Waals surface area (Å²) in [6.07, 6.45) is 4.57. The summed E-state index contributed by atoms with van der Waals surface area (Å²) in [6.45, 7) is 0. The standard InChI is InChI=1S/C8H8N6O2S/c9-12-6(15)4-17-8-14-13-7(16-8)5-3-10-1-2-11-5/h1-3H,4,9H2,(H,12,15). The fourth-order valence-corrected chi connectivity index (χ4v) is 1.52. The largest absolute Gasteiger partial charge is 0.410 e. The van der Waals surface area contributed by atoms with E-state index in [4.69, 9.17) is 10.3 Å². The van der Waals surface area contributed by atoms with Crippen molar-refractivity contribution in [1.82, 2.24) is 25.6 Å². The molecule has 9 heteroatoms. The van der Waals surface area contributed by atoms with Crippen LogP contribution in [-0.4, -0.2) is 31.8 Å². The molecule has 3 N–H and O–H groups in total. The highest BCUT2D eigenvalue weighted by atomic mass is 32.2. The van der Waals surface area contributed by atoms with Crippen LogP contribution in [0.15, 0.2) is 28.2 Å². The fraction of sp³-hybridized carbons (Fsp3) is 0.125. The number of nitrogens with two attached hydrogens (primary N) is 1. The molecule has 0 spiro atoms. The Kier molecular flexibility index (Phi) is 3.62. The van der Waals surface area contributed by atoms with Gasteiger partial charge in [0.1, 0.15) is 5.69 Å². The fourth-order valence-electron chi connectivity index (χ4n) is 0.950. The van der Waals surface area contributed by atoms with E-state index in [2.05, 4.69) is 20.2 Å². The van der Waals surface area contributed by atoms with Gasteiger partial charge in [-0.1, -0.05) is 11.8 Å². The Balaban J connectivity index is 2.04. The molecule has 0 saturated carbocycles. The molecule has 0 aliphatic rings. The number of hydrazine groups is 1. The molecule has 88 valence electrons. The van der Waals surface area contributed by atoms with Gasteiger partial charge in [-0.3, -0.25) is 15.2 Å². The van der Waals surface area contributed by atoms with Gasteiger partial charge in [0.25, 0.3) is 11.1 Å². The van der Waals surface area contributed by atoms with E-state index in [0.29, 0.717) is 5.69 Å². The van der Waals surface area contributed by atoms with Gasteiger partial charge in [-0.15, -0.1) is 10.2 Å². The average Bonchev–Trinajstić information content (AvgIpc) is 2.86. The van der Waals surface area contributed by atoms with Gasteiger partial charge in [0.15, 0.2) is 0 Å². The van der Waals surface area contributed by atoms with E-state index in [0.717, 1.165) is 11.8 Å². The van der Waals surface area contributed by atoms with Crippen LogP contribution >= 0.6 is 11.8 Å². The maximum Gasteiger partial charge on any atom is 0.277 e. The third kappa shape index (κ3) is 2.98. The molecule has 0 aliphatic carbocycles. The van der Waals surface area contributed by atoms with Crippen LogP contribution in [0.5, 0.6) is 0 Å². The Labute approximate surface area is 100 Å². The first kappa shape index (κ1) is 11.5. The predicted molar refractivity (Wildman–Crippen MR) is 58.4 cm³/mol. The van der Waals surface area contributed by atoms with Crippen molar-refractivity contribution in [3.63, 3.8) is 0 Å². The van der Waals surface area contributed by atoms with Crippen LogP contribution in [0.1, 0.15) is 0 Å². The van der Waals surface area contributed by atoms with Gasteiger partial charge >= 0.3 is 0 Å². The summed E-state index contributed by atoms with van der Waals surface area (Å²) in [4.78, 5) is 18.8. The summed E-state index contributed by atoms with van der Waals surface area (Å²) in [5.74, 6) is 4.98. The number of amides is 1. The van der Waals surface area contributed by atoms with Crippen molar-refractivity contribution in [2.24, 2.45) is 5.84 Å². The summed E-state index contributed by atoms with van der Waals surface area (Å²) < 4.78 is 5.28. The summed E-state index contributed by atoms with van der Waals surface area (Å²) in [6, 6.07) is 0. The molecule has 2 heterocycles. The normalized spacial score (nSPS) is 10.2. The van der Waals surface area contributed by atoms with Crippen LogP contribution in [0.25, 0.3) is 11.6 Å². The smallest absolute Gasteiger partial charge is 0.277 e. The minimum Gasteiger partial charge on any atom is -0.410 e. The van der Waals surface area contributed by atoms with Crippen LogP contribution in [0, 0.1) is 0 Å². The van der Waals surface area contributed by atoms with Crippen molar-refractivity contribution in [2.75, 3.05) is 5.75 Å². The number of hydrogen-bond donors (Lipinski definition) is 2. The van der Waals surface area contributed by atoms with Crippen molar-refractivity contribution in [1.29, 1.82) is 0 Å². The molecule has 2 rings (SSSR count). The molecule has 2 aromatic heterocycles. The second-order valence-electron chi connectivity index (χ2n) is 2.82. The van der Waals surface area contributed by atoms with E-state index in [-0.39, 0.29) is 22.8 Å². The van der Waals surface area contributed by atoms with E-state index in [9.17, 15) is 4.79 Å². The number of thioether (sulfide) groups is 1. The number of carbonyl (C=O) groups excluding carboxylic acids is 1. The van der Waals surface area contributed by atoms with Crippen LogP contribution in [0.2, 0.25) is 0 Å². The van der Waals surface area contributed by atoms with Crippen LogP contribution < -0.4 is 11.3 Å². The third-order valence-corrected chi connectivity index (χ3v) is 2.49. The number of rotatable bonds is 4. The van der Waals surface area contributed by atoms with Crippen molar-refractivity contribution < 1.29 is 9.21 Å². The molecule has 0 atom stereocenters. The SMILES string of the molecule is NNC(=O)CSc1nnc(-c2cnccn2)o1. The predicted octanol–water partition coefficient (Wildman–Crippen LogP) is -0.391. The van der Waals surface area contributed by atoms with Gasteiger partial charge < -0.3 is 4.42 Å². The van der Waals surface area contributed by atoms with Gasteiger partial charge in [0.2, 0.25) is 5.91 Å². The molecule has 0 fully saturated rings. The maximum absolute atomic E-state index is 10.9. The monoisotopic (exact) mass is 252 g/mol. The van der Waals surface area contributed by atoms with Crippen LogP contribution in [0.4, 0.5) is 0 Å². The quantitative estimate of drug-likeness (QED) is 0.326. The topological polar surface area (TPSA) is 120 Å². The van der Waals surface area contributed by atoms with Crippen molar-refractivity contribution in [3.05, 3.63) is 18.6 Å². The van der Waals surface area contributed by atoms with Gasteiger partial charge in [-0.05, 0) is 0 Å². The van der Waals surface area contributed by atoms with E-state index >= 15 is 0 Å². The van der Waals surface area contributed by atoms with Gasteiger partial charge in [-0.25, -0.2) is 10.8 Å². The zero-order valence-electron chi connectivity index (χ0n) is 8.53. The summed E-state index contributed by atoms with van der Waals surface area (Å²) in [5.41, 5.74) is 2.48. The van der Waals surface area contributed by atoms with E-state index < -0.39 is 0 Å². The molecule has 0 aliphatic heterocycles. The van der Waals surface area contributed by atoms with Gasteiger partial charge in [0, 0.05) is 12.4 Å². The molecule has 0 aromatic carbocycles. The zero-order chi connectivity index (χ0) is 12.1. The minimum absolute atomic E-state index is 0.110. The number of hydrogen-bond acceptors (Lipinski definition) is 8. The molecule has 1 amide bonds. The molecule has 2 aromatic rings. The first-order chi connectivity index (χ1) is 8.29. The highest BCUT2D eigenvalue weighted by Gasteiger charge is 2.11. The molecule has 17 heavy (non-hydrogen) atoms. The number of carbonyl (C=O) groups is 1. The molecule has 0 radical (unpaired) electrons. The van der Waals surface area contributed by atoms with Crippen molar-refractivity contribution >= 4 is 17.7 Å². The Morgan fingerprint density at radius 3 is 3.06 bits per heavy atom. The molecular weight excluding hydrogens is 244 g/mol. The third-order valence-electron chi connectivity index (χ3n) is 1.68.